The molecule has 1 aliphatic rings. The van der Waals surface area contributed by atoms with Gasteiger partial charge < -0.3 is 10.2 Å². The molecule has 0 amide bonds. The zero-order valence-corrected chi connectivity index (χ0v) is 14.4. The van der Waals surface area contributed by atoms with Gasteiger partial charge in [-0.05, 0) is 25.0 Å². The highest BCUT2D eigenvalue weighted by molar-refractivity contribution is 5.70. The lowest BCUT2D eigenvalue weighted by Gasteiger charge is -2.18. The molecule has 1 aliphatic heterocycles. The number of nitriles is 1. The summed E-state index contributed by atoms with van der Waals surface area (Å²) in [4.78, 5) is 11.7. The number of rotatable bonds is 4. The summed E-state index contributed by atoms with van der Waals surface area (Å²) in [5.41, 5.74) is 3.27. The number of nitrogens with one attached hydrogen (secondary N) is 1. The van der Waals surface area contributed by atoms with Crippen molar-refractivity contribution < 1.29 is 0 Å². The quantitative estimate of drug-likeness (QED) is 0.764. The Morgan fingerprint density at radius 3 is 2.42 bits per heavy atom. The molecule has 1 aromatic heterocycles. The topological polar surface area (TPSA) is 64.8 Å². The second-order valence-corrected chi connectivity index (χ2v) is 6.28. The van der Waals surface area contributed by atoms with E-state index < -0.39 is 0 Å². The van der Waals surface area contributed by atoms with Crippen LogP contribution in [0.25, 0.3) is 11.3 Å². The Kier molecular flexibility index (Phi) is 4.48. The molecule has 1 saturated heterocycles. The number of aromatic nitrogens is 2. The molecule has 1 fully saturated rings. The Labute approximate surface area is 153 Å². The second-order valence-electron chi connectivity index (χ2n) is 6.28. The maximum absolute atomic E-state index is 9.33. The molecule has 0 spiro atoms. The first kappa shape index (κ1) is 16.1. The van der Waals surface area contributed by atoms with Gasteiger partial charge in [-0.25, -0.2) is 4.98 Å². The molecule has 5 nitrogen and oxygen atoms in total. The molecule has 3 aromatic rings. The van der Waals surface area contributed by atoms with Gasteiger partial charge >= 0.3 is 0 Å². The Bertz CT molecular complexity index is 940. The molecule has 0 saturated carbocycles. The van der Waals surface area contributed by atoms with Crippen LogP contribution in [0.2, 0.25) is 0 Å². The second kappa shape index (κ2) is 7.24. The van der Waals surface area contributed by atoms with Crippen LogP contribution in [0.5, 0.6) is 0 Å². The third-order valence-electron chi connectivity index (χ3n) is 4.48. The van der Waals surface area contributed by atoms with Crippen LogP contribution in [0.1, 0.15) is 18.4 Å². The first-order valence-electron chi connectivity index (χ1n) is 8.79. The van der Waals surface area contributed by atoms with E-state index in [2.05, 4.69) is 16.3 Å². The fourth-order valence-corrected chi connectivity index (χ4v) is 3.14. The van der Waals surface area contributed by atoms with Crippen molar-refractivity contribution >= 4 is 17.5 Å². The standard InChI is InChI=1S/C21H19N5/c22-15-17-10-4-5-11-18(17)23-20-14-19(16-8-2-1-3-9-16)24-21(25-20)26-12-6-7-13-26/h1-5,8-11,14H,6-7,12-13H2,(H,23,24,25). The zero-order chi connectivity index (χ0) is 17.8. The van der Waals surface area contributed by atoms with Crippen LogP contribution in [-0.4, -0.2) is 23.1 Å². The van der Waals surface area contributed by atoms with E-state index in [1.165, 1.54) is 12.8 Å². The van der Waals surface area contributed by atoms with Gasteiger partial charge in [-0.2, -0.15) is 10.2 Å². The maximum atomic E-state index is 9.33. The van der Waals surface area contributed by atoms with Crippen LogP contribution < -0.4 is 10.2 Å². The highest BCUT2D eigenvalue weighted by Crippen LogP contribution is 2.27. The van der Waals surface area contributed by atoms with E-state index in [0.717, 1.165) is 36.0 Å². The predicted molar refractivity (Wildman–Crippen MR) is 103 cm³/mol. The van der Waals surface area contributed by atoms with Crippen LogP contribution in [0.4, 0.5) is 17.5 Å². The number of para-hydroxylation sites is 1. The van der Waals surface area contributed by atoms with Crippen molar-refractivity contribution in [3.05, 3.63) is 66.2 Å². The van der Waals surface area contributed by atoms with Gasteiger partial charge in [-0.1, -0.05) is 42.5 Å². The molecule has 0 atom stereocenters. The third kappa shape index (κ3) is 3.35. The molecular formula is C21H19N5. The third-order valence-corrected chi connectivity index (χ3v) is 4.48. The number of hydrogen-bond donors (Lipinski definition) is 1. The van der Waals surface area contributed by atoms with E-state index in [0.29, 0.717) is 11.4 Å². The molecule has 2 aromatic carbocycles. The van der Waals surface area contributed by atoms with Crippen molar-refractivity contribution in [3.8, 4) is 17.3 Å². The minimum absolute atomic E-state index is 0.593. The van der Waals surface area contributed by atoms with Crippen molar-refractivity contribution in [3.63, 3.8) is 0 Å². The fourth-order valence-electron chi connectivity index (χ4n) is 3.14. The highest BCUT2D eigenvalue weighted by Gasteiger charge is 2.17. The van der Waals surface area contributed by atoms with Gasteiger partial charge in [0.05, 0.1) is 16.9 Å². The Morgan fingerprint density at radius 1 is 0.923 bits per heavy atom. The predicted octanol–water partition coefficient (Wildman–Crippen LogP) is 4.36. The number of benzene rings is 2. The van der Waals surface area contributed by atoms with Gasteiger partial charge in [0.1, 0.15) is 11.9 Å². The smallest absolute Gasteiger partial charge is 0.227 e. The van der Waals surface area contributed by atoms with Gasteiger partial charge in [0.2, 0.25) is 5.95 Å². The summed E-state index contributed by atoms with van der Waals surface area (Å²) >= 11 is 0. The first-order chi connectivity index (χ1) is 12.8. The van der Waals surface area contributed by atoms with Crippen LogP contribution >= 0.6 is 0 Å². The lowest BCUT2D eigenvalue weighted by atomic mass is 10.1. The highest BCUT2D eigenvalue weighted by atomic mass is 15.3. The van der Waals surface area contributed by atoms with Crippen molar-refractivity contribution in [1.82, 2.24) is 9.97 Å². The van der Waals surface area contributed by atoms with Crippen molar-refractivity contribution in [2.24, 2.45) is 0 Å². The number of hydrogen-bond acceptors (Lipinski definition) is 5. The van der Waals surface area contributed by atoms with E-state index in [4.69, 9.17) is 9.97 Å². The van der Waals surface area contributed by atoms with Crippen LogP contribution in [-0.2, 0) is 0 Å². The molecule has 128 valence electrons. The minimum Gasteiger partial charge on any atom is -0.341 e. The zero-order valence-electron chi connectivity index (χ0n) is 14.4. The number of nitrogens with zero attached hydrogens (tertiary/aromatic N) is 4. The largest absolute Gasteiger partial charge is 0.341 e. The molecule has 0 aliphatic carbocycles. The van der Waals surface area contributed by atoms with Crippen molar-refractivity contribution in [2.75, 3.05) is 23.3 Å². The van der Waals surface area contributed by atoms with Crippen LogP contribution in [0.15, 0.2) is 60.7 Å². The van der Waals surface area contributed by atoms with Gasteiger partial charge in [-0.3, -0.25) is 0 Å². The fraction of sp³-hybridized carbons (Fsp3) is 0.190. The van der Waals surface area contributed by atoms with Gasteiger partial charge in [0.25, 0.3) is 0 Å². The van der Waals surface area contributed by atoms with Gasteiger partial charge in [0.15, 0.2) is 0 Å². The Balaban J connectivity index is 1.76. The Hall–Kier alpha value is -3.39. The normalized spacial score (nSPS) is 13.4. The summed E-state index contributed by atoms with van der Waals surface area (Å²) < 4.78 is 0. The van der Waals surface area contributed by atoms with E-state index in [1.54, 1.807) is 6.07 Å². The average molecular weight is 341 g/mol. The molecule has 26 heavy (non-hydrogen) atoms. The van der Waals surface area contributed by atoms with E-state index in [1.807, 2.05) is 54.6 Å². The molecule has 1 N–H and O–H groups in total. The monoisotopic (exact) mass is 341 g/mol. The summed E-state index contributed by atoms with van der Waals surface area (Å²) in [6, 6.07) is 21.7. The average Bonchev–Trinajstić information content (AvgIpc) is 3.24. The first-order valence-corrected chi connectivity index (χ1v) is 8.79. The molecule has 4 rings (SSSR count). The van der Waals surface area contributed by atoms with Crippen LogP contribution in [0.3, 0.4) is 0 Å². The molecule has 2 heterocycles. The van der Waals surface area contributed by atoms with Crippen LogP contribution in [0, 0.1) is 11.3 Å². The summed E-state index contributed by atoms with van der Waals surface area (Å²) in [5.74, 6) is 1.43. The number of anilines is 3. The van der Waals surface area contributed by atoms with E-state index in [-0.39, 0.29) is 0 Å². The lowest BCUT2D eigenvalue weighted by molar-refractivity contribution is 0.902. The molecule has 0 unspecified atom stereocenters. The molecule has 0 bridgehead atoms. The lowest BCUT2D eigenvalue weighted by Crippen LogP contribution is -2.21. The summed E-state index contributed by atoms with van der Waals surface area (Å²) in [5, 5.41) is 12.6. The maximum Gasteiger partial charge on any atom is 0.227 e. The van der Waals surface area contributed by atoms with Crippen molar-refractivity contribution in [1.29, 1.82) is 5.26 Å². The molecule has 5 heteroatoms. The summed E-state index contributed by atoms with van der Waals surface area (Å²) in [6.07, 6.45) is 2.33. The Morgan fingerprint density at radius 2 is 1.65 bits per heavy atom. The summed E-state index contributed by atoms with van der Waals surface area (Å²) in [7, 11) is 0. The molecular weight excluding hydrogens is 322 g/mol. The van der Waals surface area contributed by atoms with Gasteiger partial charge in [0, 0.05) is 24.7 Å². The summed E-state index contributed by atoms with van der Waals surface area (Å²) in [6.45, 7) is 1.96. The van der Waals surface area contributed by atoms with Crippen molar-refractivity contribution in [2.45, 2.75) is 12.8 Å². The minimum atomic E-state index is 0.593. The van der Waals surface area contributed by atoms with E-state index in [9.17, 15) is 5.26 Å². The molecule has 0 radical (unpaired) electrons. The SMILES string of the molecule is N#Cc1ccccc1Nc1cc(-c2ccccc2)nc(N2CCCC2)n1. The van der Waals surface area contributed by atoms with E-state index >= 15 is 0 Å². The van der Waals surface area contributed by atoms with Gasteiger partial charge in [-0.15, -0.1) is 0 Å².